The van der Waals surface area contributed by atoms with E-state index in [9.17, 15) is 14.4 Å². The summed E-state index contributed by atoms with van der Waals surface area (Å²) in [7, 11) is 3.00. The van der Waals surface area contributed by atoms with Gasteiger partial charge in [-0.1, -0.05) is 6.92 Å². The maximum absolute atomic E-state index is 13.0. The van der Waals surface area contributed by atoms with E-state index in [1.165, 1.54) is 18.7 Å². The first-order valence-electron chi connectivity index (χ1n) is 8.50. The Kier molecular flexibility index (Phi) is 5.08. The molecule has 9 nitrogen and oxygen atoms in total. The Hall–Kier alpha value is -2.68. The molecule has 9 heteroatoms. The molecule has 0 N–H and O–H groups in total. The molecule has 1 aliphatic heterocycles. The van der Waals surface area contributed by atoms with Crippen LogP contribution in [0, 0.1) is 0 Å². The predicted molar refractivity (Wildman–Crippen MR) is 94.6 cm³/mol. The lowest BCUT2D eigenvalue weighted by molar-refractivity contribution is -0.136. The van der Waals surface area contributed by atoms with Crippen molar-refractivity contribution in [3.63, 3.8) is 0 Å². The van der Waals surface area contributed by atoms with Crippen LogP contribution in [0.1, 0.15) is 12.5 Å². The molecule has 2 aromatic rings. The van der Waals surface area contributed by atoms with E-state index < -0.39 is 11.2 Å². The van der Waals surface area contributed by atoms with Crippen molar-refractivity contribution in [2.75, 3.05) is 33.4 Å². The van der Waals surface area contributed by atoms with Gasteiger partial charge in [0.25, 0.3) is 5.56 Å². The number of pyridine rings is 1. The number of aromatic nitrogens is 3. The van der Waals surface area contributed by atoms with E-state index >= 15 is 0 Å². The van der Waals surface area contributed by atoms with Gasteiger partial charge in [-0.05, 0) is 6.42 Å². The highest BCUT2D eigenvalue weighted by atomic mass is 16.5. The zero-order chi connectivity index (χ0) is 18.8. The Morgan fingerprint density at radius 1 is 1.31 bits per heavy atom. The summed E-state index contributed by atoms with van der Waals surface area (Å²) in [5.41, 5.74) is -0.141. The van der Waals surface area contributed by atoms with E-state index in [4.69, 9.17) is 9.47 Å². The van der Waals surface area contributed by atoms with E-state index in [1.807, 2.05) is 6.92 Å². The summed E-state index contributed by atoms with van der Waals surface area (Å²) >= 11 is 0. The highest BCUT2D eigenvalue weighted by molar-refractivity contribution is 5.83. The summed E-state index contributed by atoms with van der Waals surface area (Å²) in [4.78, 5) is 44.0. The molecule has 1 aliphatic rings. The second-order valence-corrected chi connectivity index (χ2v) is 6.09. The number of methoxy groups -OCH3 is 1. The standard InChI is InChI=1S/C17H22N4O5/c1-4-11-9-18-15-13(14(11)25-3)16(23)21(17(24)19(15)2)10-12(22)20-5-7-26-8-6-20/h9H,4-8,10H2,1-3H3. The van der Waals surface area contributed by atoms with Crippen molar-refractivity contribution >= 4 is 16.9 Å². The third-order valence-corrected chi connectivity index (χ3v) is 4.62. The van der Waals surface area contributed by atoms with Crippen molar-refractivity contribution in [3.8, 4) is 5.75 Å². The molecule has 1 amide bonds. The number of hydrogen-bond acceptors (Lipinski definition) is 6. The van der Waals surface area contributed by atoms with Crippen LogP contribution in [0.4, 0.5) is 0 Å². The molecule has 0 saturated carbocycles. The Labute approximate surface area is 149 Å². The van der Waals surface area contributed by atoms with Gasteiger partial charge >= 0.3 is 5.69 Å². The quantitative estimate of drug-likeness (QED) is 0.729. The van der Waals surface area contributed by atoms with Crippen LogP contribution in [0.25, 0.3) is 11.0 Å². The molecular weight excluding hydrogens is 340 g/mol. The normalized spacial score (nSPS) is 14.7. The minimum absolute atomic E-state index is 0.212. The minimum atomic E-state index is -0.581. The van der Waals surface area contributed by atoms with E-state index in [2.05, 4.69) is 4.98 Å². The third kappa shape index (κ3) is 2.98. The van der Waals surface area contributed by atoms with Gasteiger partial charge in [0.15, 0.2) is 5.65 Å². The summed E-state index contributed by atoms with van der Waals surface area (Å²) in [6.45, 7) is 3.41. The number of rotatable bonds is 4. The second-order valence-electron chi connectivity index (χ2n) is 6.09. The average molecular weight is 362 g/mol. The number of ether oxygens (including phenoxy) is 2. The molecule has 0 aliphatic carbocycles. The van der Waals surface area contributed by atoms with Crippen molar-refractivity contribution in [2.24, 2.45) is 7.05 Å². The molecule has 140 valence electrons. The first-order valence-corrected chi connectivity index (χ1v) is 8.50. The molecule has 0 radical (unpaired) electrons. The first-order chi connectivity index (χ1) is 12.5. The molecule has 0 bridgehead atoms. The lowest BCUT2D eigenvalue weighted by atomic mass is 10.1. The first kappa shape index (κ1) is 18.1. The molecule has 3 rings (SSSR count). The Morgan fingerprint density at radius 2 is 2.00 bits per heavy atom. The van der Waals surface area contributed by atoms with Crippen molar-refractivity contribution < 1.29 is 14.3 Å². The number of hydrogen-bond donors (Lipinski definition) is 0. The topological polar surface area (TPSA) is 95.7 Å². The van der Waals surface area contributed by atoms with E-state index in [0.717, 1.165) is 10.1 Å². The van der Waals surface area contributed by atoms with Gasteiger partial charge in [0.2, 0.25) is 5.91 Å². The fourth-order valence-corrected chi connectivity index (χ4v) is 3.14. The minimum Gasteiger partial charge on any atom is -0.495 e. The SMILES string of the molecule is CCc1cnc2c(c1OC)c(=O)n(CC(=O)N1CCOCC1)c(=O)n2C. The summed E-state index contributed by atoms with van der Waals surface area (Å²) in [5, 5.41) is 0.212. The molecule has 0 atom stereocenters. The van der Waals surface area contributed by atoms with Crippen LogP contribution in [-0.2, 0) is 29.5 Å². The molecule has 2 aromatic heterocycles. The smallest absolute Gasteiger partial charge is 0.332 e. The average Bonchev–Trinajstić information content (AvgIpc) is 2.68. The lowest BCUT2D eigenvalue weighted by Gasteiger charge is -2.27. The van der Waals surface area contributed by atoms with Crippen LogP contribution in [0.2, 0.25) is 0 Å². The molecule has 26 heavy (non-hydrogen) atoms. The van der Waals surface area contributed by atoms with Crippen molar-refractivity contribution in [1.82, 2.24) is 19.0 Å². The van der Waals surface area contributed by atoms with Gasteiger partial charge in [-0.2, -0.15) is 0 Å². The Morgan fingerprint density at radius 3 is 2.62 bits per heavy atom. The highest BCUT2D eigenvalue weighted by Gasteiger charge is 2.22. The predicted octanol–water partition coefficient (Wildman–Crippen LogP) is -0.475. The van der Waals surface area contributed by atoms with Gasteiger partial charge in [0, 0.05) is 31.9 Å². The molecule has 3 heterocycles. The number of morpholine rings is 1. The number of aryl methyl sites for hydroxylation is 2. The monoisotopic (exact) mass is 362 g/mol. The number of carbonyl (C=O) groups excluding carboxylic acids is 1. The lowest BCUT2D eigenvalue weighted by Crippen LogP contribution is -2.47. The van der Waals surface area contributed by atoms with E-state index in [1.54, 1.807) is 11.1 Å². The van der Waals surface area contributed by atoms with Crippen LogP contribution in [0.15, 0.2) is 15.8 Å². The van der Waals surface area contributed by atoms with Gasteiger partial charge in [0.05, 0.1) is 20.3 Å². The van der Waals surface area contributed by atoms with Gasteiger partial charge in [-0.25, -0.2) is 14.3 Å². The highest BCUT2D eigenvalue weighted by Crippen LogP contribution is 2.24. The van der Waals surface area contributed by atoms with Gasteiger partial charge in [0.1, 0.15) is 17.7 Å². The zero-order valence-electron chi connectivity index (χ0n) is 15.2. The number of nitrogens with zero attached hydrogens (tertiary/aromatic N) is 4. The van der Waals surface area contributed by atoms with Crippen LogP contribution in [-0.4, -0.2) is 58.3 Å². The van der Waals surface area contributed by atoms with E-state index in [0.29, 0.717) is 38.5 Å². The van der Waals surface area contributed by atoms with Crippen LogP contribution < -0.4 is 16.0 Å². The van der Waals surface area contributed by atoms with Crippen LogP contribution in [0.5, 0.6) is 5.75 Å². The maximum Gasteiger partial charge on any atom is 0.332 e. The van der Waals surface area contributed by atoms with Gasteiger partial charge in [-0.3, -0.25) is 14.2 Å². The van der Waals surface area contributed by atoms with E-state index in [-0.39, 0.29) is 23.5 Å². The second kappa shape index (κ2) is 7.28. The Balaban J connectivity index is 2.15. The summed E-state index contributed by atoms with van der Waals surface area (Å²) in [5.74, 6) is 0.107. The fraction of sp³-hybridized carbons (Fsp3) is 0.529. The number of carbonyl (C=O) groups is 1. The zero-order valence-corrected chi connectivity index (χ0v) is 15.2. The summed E-state index contributed by atoms with van der Waals surface area (Å²) in [6.07, 6.45) is 2.23. The molecule has 0 unspecified atom stereocenters. The molecular formula is C17H22N4O5. The fourth-order valence-electron chi connectivity index (χ4n) is 3.14. The van der Waals surface area contributed by atoms with Crippen molar-refractivity contribution in [3.05, 3.63) is 32.6 Å². The number of amides is 1. The van der Waals surface area contributed by atoms with Crippen molar-refractivity contribution in [2.45, 2.75) is 19.9 Å². The maximum atomic E-state index is 13.0. The van der Waals surface area contributed by atoms with Crippen LogP contribution in [0.3, 0.4) is 0 Å². The molecule has 0 aromatic carbocycles. The Bertz CT molecular complexity index is 956. The summed E-state index contributed by atoms with van der Waals surface area (Å²) < 4.78 is 12.9. The summed E-state index contributed by atoms with van der Waals surface area (Å²) in [6, 6.07) is 0. The van der Waals surface area contributed by atoms with Crippen LogP contribution >= 0.6 is 0 Å². The largest absolute Gasteiger partial charge is 0.495 e. The molecule has 1 fully saturated rings. The van der Waals surface area contributed by atoms with Gasteiger partial charge < -0.3 is 14.4 Å². The molecule has 0 spiro atoms. The third-order valence-electron chi connectivity index (χ3n) is 4.62. The molecule has 1 saturated heterocycles. The van der Waals surface area contributed by atoms with Crippen molar-refractivity contribution in [1.29, 1.82) is 0 Å². The van der Waals surface area contributed by atoms with Gasteiger partial charge in [-0.15, -0.1) is 0 Å². The number of fused-ring (bicyclic) bond motifs is 1.